The van der Waals surface area contributed by atoms with Gasteiger partial charge >= 0.3 is 0 Å². The number of ether oxygens (including phenoxy) is 1. The largest absolute Gasteiger partial charge is 0.496 e. The Morgan fingerprint density at radius 2 is 2.05 bits per heavy atom. The second-order valence-corrected chi connectivity index (χ2v) is 6.66. The fraction of sp³-hybridized carbons (Fsp3) is 0.600. The fourth-order valence-corrected chi connectivity index (χ4v) is 2.80. The van der Waals surface area contributed by atoms with E-state index in [-0.39, 0.29) is 6.04 Å². The number of hydrogen-bond acceptors (Lipinski definition) is 3. The van der Waals surface area contributed by atoms with Crippen molar-refractivity contribution in [2.45, 2.75) is 39.3 Å². The molecule has 0 aliphatic rings. The number of benzene rings is 1. The lowest BCUT2D eigenvalue weighted by atomic mass is 10.0. The highest BCUT2D eigenvalue weighted by molar-refractivity contribution is 7.84. The summed E-state index contributed by atoms with van der Waals surface area (Å²) in [6.07, 6.45) is 2.67. The van der Waals surface area contributed by atoms with E-state index in [1.165, 1.54) is 5.56 Å². The minimum atomic E-state index is -0.719. The Bertz CT molecular complexity index is 434. The van der Waals surface area contributed by atoms with Crippen LogP contribution in [0.1, 0.15) is 37.4 Å². The van der Waals surface area contributed by atoms with Crippen LogP contribution in [0.5, 0.6) is 5.75 Å². The highest BCUT2D eigenvalue weighted by Crippen LogP contribution is 2.26. The van der Waals surface area contributed by atoms with Gasteiger partial charge in [-0.2, -0.15) is 0 Å². The first-order chi connectivity index (χ1) is 8.93. The van der Waals surface area contributed by atoms with E-state index in [2.05, 4.69) is 44.3 Å². The van der Waals surface area contributed by atoms with Gasteiger partial charge in [-0.3, -0.25) is 4.21 Å². The second kappa shape index (κ2) is 7.65. The van der Waals surface area contributed by atoms with E-state index in [0.29, 0.717) is 6.04 Å². The molecule has 3 atom stereocenters. The highest BCUT2D eigenvalue weighted by atomic mass is 32.2. The average Bonchev–Trinajstić information content (AvgIpc) is 2.35. The summed E-state index contributed by atoms with van der Waals surface area (Å²) in [6.45, 7) is 6.32. The van der Waals surface area contributed by atoms with Gasteiger partial charge in [-0.05, 0) is 38.8 Å². The van der Waals surface area contributed by atoms with Crippen LogP contribution in [0.2, 0.25) is 0 Å². The molecule has 0 aliphatic heterocycles. The van der Waals surface area contributed by atoms with E-state index in [1.807, 2.05) is 0 Å². The lowest BCUT2D eigenvalue weighted by Gasteiger charge is -2.22. The number of methoxy groups -OCH3 is 1. The molecule has 0 saturated heterocycles. The number of hydrogen-bond donors (Lipinski definition) is 1. The molecular formula is C15H25NO2S. The predicted octanol–water partition coefficient (Wildman–Crippen LogP) is 2.81. The van der Waals surface area contributed by atoms with Crippen LogP contribution in [0.3, 0.4) is 0 Å². The normalized spacial score (nSPS) is 15.8. The fourth-order valence-electron chi connectivity index (χ4n) is 2.12. The zero-order valence-electron chi connectivity index (χ0n) is 12.5. The molecule has 0 amide bonds. The van der Waals surface area contributed by atoms with Crippen LogP contribution in [0.25, 0.3) is 0 Å². The van der Waals surface area contributed by atoms with Crippen LogP contribution in [0.15, 0.2) is 18.2 Å². The Hall–Kier alpha value is -0.870. The molecule has 0 aromatic heterocycles. The summed E-state index contributed by atoms with van der Waals surface area (Å²) in [7, 11) is 0.984. The van der Waals surface area contributed by atoms with Gasteiger partial charge in [0.2, 0.25) is 0 Å². The van der Waals surface area contributed by atoms with E-state index in [4.69, 9.17) is 4.74 Å². The molecule has 108 valence electrons. The third kappa shape index (κ3) is 5.33. The molecule has 3 nitrogen and oxygen atoms in total. The van der Waals surface area contributed by atoms with Gasteiger partial charge < -0.3 is 10.1 Å². The van der Waals surface area contributed by atoms with Crippen LogP contribution in [0.4, 0.5) is 0 Å². The lowest BCUT2D eigenvalue weighted by Crippen LogP contribution is -2.30. The monoisotopic (exact) mass is 283 g/mol. The molecular weight excluding hydrogens is 258 g/mol. The van der Waals surface area contributed by atoms with Crippen molar-refractivity contribution in [3.63, 3.8) is 0 Å². The summed E-state index contributed by atoms with van der Waals surface area (Å²) >= 11 is 0. The third-order valence-electron chi connectivity index (χ3n) is 3.23. The molecule has 0 fully saturated rings. The first-order valence-corrected chi connectivity index (χ1v) is 8.37. The minimum absolute atomic E-state index is 0.218. The molecule has 4 heteroatoms. The van der Waals surface area contributed by atoms with Gasteiger partial charge in [-0.25, -0.2) is 0 Å². The van der Waals surface area contributed by atoms with Crippen LogP contribution >= 0.6 is 0 Å². The first-order valence-electron chi connectivity index (χ1n) is 6.64. The van der Waals surface area contributed by atoms with Gasteiger partial charge in [0.05, 0.1) is 7.11 Å². The van der Waals surface area contributed by atoms with Gasteiger partial charge in [0.1, 0.15) is 5.75 Å². The molecule has 0 heterocycles. The molecule has 0 spiro atoms. The minimum Gasteiger partial charge on any atom is -0.496 e. The summed E-state index contributed by atoms with van der Waals surface area (Å²) in [5.41, 5.74) is 2.36. The van der Waals surface area contributed by atoms with Crippen molar-refractivity contribution in [2.24, 2.45) is 0 Å². The van der Waals surface area contributed by atoms with Crippen molar-refractivity contribution in [1.29, 1.82) is 0 Å². The van der Waals surface area contributed by atoms with E-state index in [0.717, 1.165) is 23.5 Å². The molecule has 0 bridgehead atoms. The molecule has 19 heavy (non-hydrogen) atoms. The topological polar surface area (TPSA) is 38.3 Å². The van der Waals surface area contributed by atoms with Crippen molar-refractivity contribution in [3.05, 3.63) is 29.3 Å². The maximum absolute atomic E-state index is 11.1. The molecule has 1 N–H and O–H groups in total. The summed E-state index contributed by atoms with van der Waals surface area (Å²) in [4.78, 5) is 0. The maximum atomic E-state index is 11.1. The Kier molecular flexibility index (Phi) is 6.52. The molecule has 0 radical (unpaired) electrons. The van der Waals surface area contributed by atoms with Crippen LogP contribution in [0, 0.1) is 6.92 Å². The van der Waals surface area contributed by atoms with Crippen LogP contribution < -0.4 is 10.1 Å². The maximum Gasteiger partial charge on any atom is 0.123 e. The van der Waals surface area contributed by atoms with Crippen molar-refractivity contribution in [2.75, 3.05) is 19.1 Å². The Labute approximate surface area is 119 Å². The van der Waals surface area contributed by atoms with Gasteiger partial charge in [0.15, 0.2) is 0 Å². The number of rotatable bonds is 7. The Balaban J connectivity index is 2.67. The van der Waals surface area contributed by atoms with Gasteiger partial charge in [-0.15, -0.1) is 0 Å². The van der Waals surface area contributed by atoms with Crippen LogP contribution in [-0.4, -0.2) is 29.4 Å². The average molecular weight is 283 g/mol. The van der Waals surface area contributed by atoms with Gasteiger partial charge in [0, 0.05) is 40.5 Å². The standard InChI is InChI=1S/C15H25NO2S/c1-11-6-7-14(15(10-11)18-4)13(3)16-12(2)8-9-19(5)17/h6-7,10,12-13,16H,8-9H2,1-5H3. The van der Waals surface area contributed by atoms with Crippen molar-refractivity contribution >= 4 is 10.8 Å². The molecule has 0 saturated carbocycles. The number of nitrogens with one attached hydrogen (secondary N) is 1. The van der Waals surface area contributed by atoms with Crippen molar-refractivity contribution < 1.29 is 8.95 Å². The second-order valence-electron chi connectivity index (χ2n) is 5.10. The Morgan fingerprint density at radius 3 is 2.63 bits per heavy atom. The molecule has 1 aromatic rings. The lowest BCUT2D eigenvalue weighted by molar-refractivity contribution is 0.394. The summed E-state index contributed by atoms with van der Waals surface area (Å²) in [5, 5.41) is 3.53. The van der Waals surface area contributed by atoms with Crippen molar-refractivity contribution in [1.82, 2.24) is 5.32 Å². The van der Waals surface area contributed by atoms with E-state index >= 15 is 0 Å². The van der Waals surface area contributed by atoms with E-state index < -0.39 is 10.8 Å². The zero-order valence-corrected chi connectivity index (χ0v) is 13.3. The van der Waals surface area contributed by atoms with E-state index in [1.54, 1.807) is 13.4 Å². The summed E-state index contributed by atoms with van der Waals surface area (Å²) < 4.78 is 16.5. The summed E-state index contributed by atoms with van der Waals surface area (Å²) in [5.74, 6) is 1.66. The highest BCUT2D eigenvalue weighted by Gasteiger charge is 2.14. The van der Waals surface area contributed by atoms with Gasteiger partial charge in [0.25, 0.3) is 0 Å². The smallest absolute Gasteiger partial charge is 0.123 e. The third-order valence-corrected chi connectivity index (χ3v) is 4.04. The van der Waals surface area contributed by atoms with Crippen LogP contribution in [-0.2, 0) is 10.8 Å². The Morgan fingerprint density at radius 1 is 1.37 bits per heavy atom. The SMILES string of the molecule is COc1cc(C)ccc1C(C)NC(C)CCS(C)=O. The zero-order chi connectivity index (χ0) is 14.4. The quantitative estimate of drug-likeness (QED) is 0.836. The first kappa shape index (κ1) is 16.2. The van der Waals surface area contributed by atoms with E-state index in [9.17, 15) is 4.21 Å². The van der Waals surface area contributed by atoms with Gasteiger partial charge in [-0.1, -0.05) is 12.1 Å². The molecule has 0 aliphatic carbocycles. The van der Waals surface area contributed by atoms with Crippen molar-refractivity contribution in [3.8, 4) is 5.75 Å². The summed E-state index contributed by atoms with van der Waals surface area (Å²) in [6, 6.07) is 6.82. The molecule has 3 unspecified atom stereocenters. The molecule has 1 aromatic carbocycles. The predicted molar refractivity (Wildman–Crippen MR) is 82.3 cm³/mol. The number of aryl methyl sites for hydroxylation is 1. The molecule has 1 rings (SSSR count).